The average molecular weight is 401 g/mol. The maximum atomic E-state index is 12.2. The second-order valence-electron chi connectivity index (χ2n) is 6.72. The highest BCUT2D eigenvalue weighted by atomic mass is 32.2. The van der Waals surface area contributed by atoms with Gasteiger partial charge in [-0.15, -0.1) is 0 Å². The van der Waals surface area contributed by atoms with Crippen molar-refractivity contribution in [3.8, 4) is 5.75 Å². The third-order valence-corrected chi connectivity index (χ3v) is 5.70. The van der Waals surface area contributed by atoms with Gasteiger partial charge in [0.25, 0.3) is 0 Å². The molecule has 1 saturated heterocycles. The van der Waals surface area contributed by atoms with Crippen molar-refractivity contribution in [1.82, 2.24) is 9.62 Å². The van der Waals surface area contributed by atoms with Crippen LogP contribution < -0.4 is 9.46 Å². The van der Waals surface area contributed by atoms with E-state index in [9.17, 15) is 13.2 Å². The Kier molecular flexibility index (Phi) is 6.84. The Hall–Kier alpha value is -2.64. The highest BCUT2D eigenvalue weighted by molar-refractivity contribution is 7.92. The molecule has 0 atom stereocenters. The number of rotatable bonds is 6. The van der Waals surface area contributed by atoms with Crippen molar-refractivity contribution in [2.24, 2.45) is 5.92 Å². The fraction of sp³-hybridized carbons (Fsp3) is 0.286. The van der Waals surface area contributed by atoms with Crippen molar-refractivity contribution >= 4 is 22.2 Å². The van der Waals surface area contributed by atoms with Gasteiger partial charge in [-0.05, 0) is 42.5 Å². The number of carbonyl (C=O) groups excluding carboxylic acids is 1. The molecule has 2 aromatic rings. The summed E-state index contributed by atoms with van der Waals surface area (Å²) in [7, 11) is -3.49. The fourth-order valence-electron chi connectivity index (χ4n) is 2.99. The summed E-state index contributed by atoms with van der Waals surface area (Å²) in [6.07, 6.45) is 2.67. The summed E-state index contributed by atoms with van der Waals surface area (Å²) >= 11 is 0. The minimum absolute atomic E-state index is 0.195. The van der Waals surface area contributed by atoms with E-state index in [1.165, 1.54) is 5.41 Å². The Bertz CT molecular complexity index is 891. The lowest BCUT2D eigenvalue weighted by atomic mass is 9.97. The Morgan fingerprint density at radius 2 is 1.64 bits per heavy atom. The number of likely N-dealkylation sites (tertiary alicyclic amines) is 1. The van der Waals surface area contributed by atoms with Crippen LogP contribution in [0, 0.1) is 5.92 Å². The fourth-order valence-corrected chi connectivity index (χ4v) is 3.89. The normalized spacial score (nSPS) is 15.6. The molecule has 2 aromatic carbocycles. The Balaban J connectivity index is 1.42. The molecule has 1 heterocycles. The minimum atomic E-state index is -3.49. The molecule has 7 heteroatoms. The highest BCUT2D eigenvalue weighted by Gasteiger charge is 2.24. The van der Waals surface area contributed by atoms with Gasteiger partial charge in [0.1, 0.15) is 5.75 Å². The van der Waals surface area contributed by atoms with E-state index in [2.05, 4.69) is 4.72 Å². The molecule has 0 radical (unpaired) electrons. The zero-order chi connectivity index (χ0) is 19.8. The number of sulfonamides is 1. The molecule has 0 bridgehead atoms. The number of hydrogen-bond donors (Lipinski definition) is 1. The van der Waals surface area contributed by atoms with Crippen LogP contribution in [0.4, 0.5) is 4.79 Å². The van der Waals surface area contributed by atoms with Gasteiger partial charge in [-0.3, -0.25) is 0 Å². The molecule has 148 valence electrons. The van der Waals surface area contributed by atoms with Gasteiger partial charge in [0.15, 0.2) is 0 Å². The Morgan fingerprint density at radius 1 is 1.04 bits per heavy atom. The van der Waals surface area contributed by atoms with Crippen molar-refractivity contribution in [2.75, 3.05) is 19.6 Å². The molecule has 0 aromatic heterocycles. The lowest BCUT2D eigenvalue weighted by Crippen LogP contribution is -2.42. The molecule has 28 heavy (non-hydrogen) atoms. The topological polar surface area (TPSA) is 75.7 Å². The lowest BCUT2D eigenvalue weighted by Gasteiger charge is -2.31. The number of carbonyl (C=O) groups is 1. The quantitative estimate of drug-likeness (QED) is 0.805. The summed E-state index contributed by atoms with van der Waals surface area (Å²) < 4.78 is 32.3. The predicted molar refractivity (Wildman–Crippen MR) is 109 cm³/mol. The van der Waals surface area contributed by atoms with E-state index >= 15 is 0 Å². The molecule has 0 saturated carbocycles. The monoisotopic (exact) mass is 400 g/mol. The van der Waals surface area contributed by atoms with Crippen LogP contribution in [0.5, 0.6) is 5.75 Å². The van der Waals surface area contributed by atoms with Crippen LogP contribution in [0.15, 0.2) is 66.1 Å². The van der Waals surface area contributed by atoms with Crippen LogP contribution in [-0.4, -0.2) is 39.0 Å². The van der Waals surface area contributed by atoms with Crippen LogP contribution >= 0.6 is 0 Å². The summed E-state index contributed by atoms with van der Waals surface area (Å²) in [6, 6.07) is 18.2. The number of nitrogens with one attached hydrogen (secondary N) is 1. The van der Waals surface area contributed by atoms with Gasteiger partial charge in [0.05, 0.1) is 0 Å². The highest BCUT2D eigenvalue weighted by Crippen LogP contribution is 2.19. The van der Waals surface area contributed by atoms with Crippen LogP contribution in [-0.2, 0) is 10.0 Å². The number of nitrogens with zero attached hydrogens (tertiary/aromatic N) is 1. The van der Waals surface area contributed by atoms with Gasteiger partial charge < -0.3 is 9.64 Å². The third kappa shape index (κ3) is 6.21. The summed E-state index contributed by atoms with van der Waals surface area (Å²) in [5.41, 5.74) is 0.832. The zero-order valence-electron chi connectivity index (χ0n) is 15.5. The molecular formula is C21H24N2O4S. The molecule has 1 aliphatic heterocycles. The molecule has 0 spiro atoms. The van der Waals surface area contributed by atoms with Crippen LogP contribution in [0.25, 0.3) is 6.08 Å². The molecule has 0 unspecified atom stereocenters. The lowest BCUT2D eigenvalue weighted by molar-refractivity contribution is 0.131. The molecule has 6 nitrogen and oxygen atoms in total. The van der Waals surface area contributed by atoms with Crippen molar-refractivity contribution in [2.45, 2.75) is 12.8 Å². The van der Waals surface area contributed by atoms with Gasteiger partial charge in [-0.1, -0.05) is 48.5 Å². The van der Waals surface area contributed by atoms with Crippen molar-refractivity contribution in [1.29, 1.82) is 0 Å². The van der Waals surface area contributed by atoms with Crippen LogP contribution in [0.3, 0.4) is 0 Å². The smallest absolute Gasteiger partial charge is 0.410 e. The predicted octanol–water partition coefficient (Wildman–Crippen LogP) is 3.49. The second-order valence-corrected chi connectivity index (χ2v) is 8.37. The summed E-state index contributed by atoms with van der Waals surface area (Å²) in [4.78, 5) is 13.9. The van der Waals surface area contributed by atoms with Crippen LogP contribution in [0.2, 0.25) is 0 Å². The molecule has 1 N–H and O–H groups in total. The van der Waals surface area contributed by atoms with E-state index in [-0.39, 0.29) is 12.0 Å². The molecule has 1 amide bonds. The molecule has 0 aliphatic carbocycles. The molecule has 1 fully saturated rings. The van der Waals surface area contributed by atoms with Crippen molar-refractivity contribution in [3.05, 3.63) is 71.6 Å². The minimum Gasteiger partial charge on any atom is -0.410 e. The van der Waals surface area contributed by atoms with Gasteiger partial charge >= 0.3 is 6.09 Å². The Labute approximate surface area is 165 Å². The first-order chi connectivity index (χ1) is 13.5. The van der Waals surface area contributed by atoms with Gasteiger partial charge in [0.2, 0.25) is 10.0 Å². The first kappa shape index (κ1) is 20.1. The van der Waals surface area contributed by atoms with Crippen LogP contribution in [0.1, 0.15) is 18.4 Å². The number of benzene rings is 2. The van der Waals surface area contributed by atoms with E-state index < -0.39 is 10.0 Å². The number of amides is 1. The molecule has 1 aliphatic rings. The van der Waals surface area contributed by atoms with E-state index in [4.69, 9.17) is 4.74 Å². The van der Waals surface area contributed by atoms with Crippen molar-refractivity contribution < 1.29 is 17.9 Å². The number of para-hydroxylation sites is 1. The third-order valence-electron chi connectivity index (χ3n) is 4.63. The number of piperidine rings is 1. The molecule has 3 rings (SSSR count). The largest absolute Gasteiger partial charge is 0.415 e. The standard InChI is InChI=1S/C21H24N2O4S/c24-21(27-20-9-5-2-6-10-20)23-14-11-19(12-15-23)17-22-28(25,26)16-13-18-7-3-1-4-8-18/h1-10,13,16,19,22H,11-12,14-15,17H2. The number of hydrogen-bond acceptors (Lipinski definition) is 4. The average Bonchev–Trinajstić information content (AvgIpc) is 2.73. The molecular weight excluding hydrogens is 376 g/mol. The first-order valence-electron chi connectivity index (χ1n) is 9.26. The maximum absolute atomic E-state index is 12.2. The summed E-state index contributed by atoms with van der Waals surface area (Å²) in [6.45, 7) is 1.47. The van der Waals surface area contributed by atoms with Gasteiger partial charge in [-0.2, -0.15) is 0 Å². The maximum Gasteiger partial charge on any atom is 0.415 e. The van der Waals surface area contributed by atoms with Crippen molar-refractivity contribution in [3.63, 3.8) is 0 Å². The van der Waals surface area contributed by atoms with Gasteiger partial charge in [-0.25, -0.2) is 17.9 Å². The van der Waals surface area contributed by atoms with E-state index in [1.807, 2.05) is 48.5 Å². The van der Waals surface area contributed by atoms with E-state index in [0.717, 1.165) is 18.4 Å². The summed E-state index contributed by atoms with van der Waals surface area (Å²) in [5.74, 6) is 0.716. The Morgan fingerprint density at radius 3 is 2.29 bits per heavy atom. The van der Waals surface area contributed by atoms with Gasteiger partial charge in [0, 0.05) is 25.0 Å². The SMILES string of the molecule is O=C(Oc1ccccc1)N1CCC(CNS(=O)(=O)C=Cc2ccccc2)CC1. The number of ether oxygens (including phenoxy) is 1. The zero-order valence-corrected chi connectivity index (χ0v) is 16.3. The van der Waals surface area contributed by atoms with E-state index in [0.29, 0.717) is 25.4 Å². The summed E-state index contributed by atoms with van der Waals surface area (Å²) in [5, 5.41) is 1.19. The first-order valence-corrected chi connectivity index (χ1v) is 10.8. The second kappa shape index (κ2) is 9.52. The van der Waals surface area contributed by atoms with E-state index in [1.54, 1.807) is 23.1 Å².